The minimum atomic E-state index is -3.67. The lowest BCUT2D eigenvalue weighted by atomic mass is 10.3. The molecule has 0 heterocycles. The zero-order chi connectivity index (χ0) is 14.5. The highest BCUT2D eigenvalue weighted by Crippen LogP contribution is 2.12. The topological polar surface area (TPSA) is 86.7 Å². The molecule has 1 unspecified atom stereocenters. The fraction of sp³-hybridized carbons (Fsp3) is 0.417. The lowest BCUT2D eigenvalue weighted by Gasteiger charge is -2.18. The van der Waals surface area contributed by atoms with Gasteiger partial charge in [-0.25, -0.2) is 8.42 Å². The number of hydrogen-bond donors (Lipinski definition) is 2. The lowest BCUT2D eigenvalue weighted by molar-refractivity contribution is -0.122. The Bertz CT molecular complexity index is 516. The van der Waals surface area contributed by atoms with Gasteiger partial charge in [0.2, 0.25) is 15.9 Å². The number of hydrogen-bond acceptors (Lipinski definition) is 4. The number of nitrogens with one attached hydrogen (secondary N) is 1. The Morgan fingerprint density at radius 1 is 1.37 bits per heavy atom. The number of nitrogens with zero attached hydrogens (tertiary/aromatic N) is 1. The number of amides is 1. The van der Waals surface area contributed by atoms with Crippen molar-refractivity contribution in [3.63, 3.8) is 0 Å². The van der Waals surface area contributed by atoms with Crippen LogP contribution in [0.2, 0.25) is 0 Å². The number of aliphatic hydroxyl groups excluding tert-OH is 1. The molecule has 106 valence electrons. The maximum atomic E-state index is 12.1. The second kappa shape index (κ2) is 6.65. The highest BCUT2D eigenvalue weighted by molar-refractivity contribution is 7.89. The molecule has 0 aliphatic carbocycles. The molecule has 0 fully saturated rings. The van der Waals surface area contributed by atoms with Gasteiger partial charge in [0, 0.05) is 13.1 Å². The van der Waals surface area contributed by atoms with Crippen molar-refractivity contribution in [3.8, 4) is 0 Å². The Morgan fingerprint density at radius 2 is 1.95 bits per heavy atom. The van der Waals surface area contributed by atoms with Gasteiger partial charge in [-0.15, -0.1) is 0 Å². The van der Waals surface area contributed by atoms with Crippen molar-refractivity contribution < 1.29 is 18.3 Å². The van der Waals surface area contributed by atoms with Crippen LogP contribution < -0.4 is 5.32 Å². The van der Waals surface area contributed by atoms with E-state index in [4.69, 9.17) is 5.11 Å². The number of carbonyl (C=O) groups excluding carboxylic acids is 1. The van der Waals surface area contributed by atoms with Gasteiger partial charge in [0.25, 0.3) is 0 Å². The quantitative estimate of drug-likeness (QED) is 0.758. The van der Waals surface area contributed by atoms with Gasteiger partial charge in [-0.2, -0.15) is 4.31 Å². The molecule has 19 heavy (non-hydrogen) atoms. The van der Waals surface area contributed by atoms with E-state index in [9.17, 15) is 13.2 Å². The van der Waals surface area contributed by atoms with Crippen LogP contribution in [0.4, 0.5) is 0 Å². The van der Waals surface area contributed by atoms with Crippen molar-refractivity contribution in [3.05, 3.63) is 30.3 Å². The highest BCUT2D eigenvalue weighted by atomic mass is 32.2. The summed E-state index contributed by atoms with van der Waals surface area (Å²) in [5, 5.41) is 11.3. The summed E-state index contributed by atoms with van der Waals surface area (Å²) in [5.74, 6) is -0.455. The van der Waals surface area contributed by atoms with Gasteiger partial charge < -0.3 is 10.4 Å². The molecule has 6 nitrogen and oxygen atoms in total. The SMILES string of the molecule is CC(CO)NC(=O)CN(C)S(=O)(=O)c1ccccc1. The van der Waals surface area contributed by atoms with Crippen molar-refractivity contribution in [2.75, 3.05) is 20.2 Å². The van der Waals surface area contributed by atoms with E-state index in [1.807, 2.05) is 0 Å². The van der Waals surface area contributed by atoms with Crippen LogP contribution in [0.25, 0.3) is 0 Å². The molecule has 0 saturated carbocycles. The summed E-state index contributed by atoms with van der Waals surface area (Å²) in [5.41, 5.74) is 0. The molecule has 0 aromatic heterocycles. The van der Waals surface area contributed by atoms with E-state index >= 15 is 0 Å². The molecular weight excluding hydrogens is 268 g/mol. The summed E-state index contributed by atoms with van der Waals surface area (Å²) in [6, 6.07) is 7.50. The molecule has 2 N–H and O–H groups in total. The standard InChI is InChI=1S/C12H18N2O4S/c1-10(9-15)13-12(16)8-14(2)19(17,18)11-6-4-3-5-7-11/h3-7,10,15H,8-9H2,1-2H3,(H,13,16). The molecule has 1 aromatic rings. The van der Waals surface area contributed by atoms with Gasteiger partial charge in [0.05, 0.1) is 18.0 Å². The minimum absolute atomic E-state index is 0.139. The van der Waals surface area contributed by atoms with Crippen LogP contribution in [-0.4, -0.2) is 50.0 Å². The molecule has 7 heteroatoms. The fourth-order valence-corrected chi connectivity index (χ4v) is 2.57. The Labute approximate surface area is 113 Å². The Balaban J connectivity index is 2.73. The number of likely N-dealkylation sites (N-methyl/N-ethyl adjacent to an activating group) is 1. The van der Waals surface area contributed by atoms with E-state index in [0.29, 0.717) is 0 Å². The third-order valence-electron chi connectivity index (χ3n) is 2.50. The summed E-state index contributed by atoms with van der Waals surface area (Å²) in [6.07, 6.45) is 0. The first-order chi connectivity index (χ1) is 8.87. The molecule has 1 rings (SSSR count). The number of benzene rings is 1. The van der Waals surface area contributed by atoms with E-state index < -0.39 is 22.0 Å². The number of sulfonamides is 1. The second-order valence-electron chi connectivity index (χ2n) is 4.23. The van der Waals surface area contributed by atoms with Crippen molar-refractivity contribution in [2.45, 2.75) is 17.9 Å². The summed E-state index contributed by atoms with van der Waals surface area (Å²) in [6.45, 7) is 1.14. The third kappa shape index (κ3) is 4.30. The minimum Gasteiger partial charge on any atom is -0.394 e. The monoisotopic (exact) mass is 286 g/mol. The van der Waals surface area contributed by atoms with Crippen LogP contribution in [0.1, 0.15) is 6.92 Å². The van der Waals surface area contributed by atoms with E-state index in [2.05, 4.69) is 5.32 Å². The molecule has 0 aliphatic heterocycles. The smallest absolute Gasteiger partial charge is 0.243 e. The van der Waals surface area contributed by atoms with Crippen LogP contribution in [0.15, 0.2) is 35.2 Å². The average Bonchev–Trinajstić information content (AvgIpc) is 2.39. The maximum Gasteiger partial charge on any atom is 0.243 e. The molecular formula is C12H18N2O4S. The maximum absolute atomic E-state index is 12.1. The van der Waals surface area contributed by atoms with Crippen LogP contribution in [0.5, 0.6) is 0 Å². The molecule has 0 aliphatic rings. The van der Waals surface area contributed by atoms with Crippen LogP contribution >= 0.6 is 0 Å². The zero-order valence-electron chi connectivity index (χ0n) is 10.9. The van der Waals surface area contributed by atoms with E-state index in [0.717, 1.165) is 4.31 Å². The predicted molar refractivity (Wildman–Crippen MR) is 70.9 cm³/mol. The van der Waals surface area contributed by atoms with Crippen molar-refractivity contribution in [2.24, 2.45) is 0 Å². The Morgan fingerprint density at radius 3 is 2.47 bits per heavy atom. The van der Waals surface area contributed by atoms with Gasteiger partial charge in [0.15, 0.2) is 0 Å². The number of rotatable bonds is 6. The van der Waals surface area contributed by atoms with Gasteiger partial charge in [-0.1, -0.05) is 18.2 Å². The van der Waals surface area contributed by atoms with Gasteiger partial charge in [-0.05, 0) is 19.1 Å². The molecule has 0 saturated heterocycles. The van der Waals surface area contributed by atoms with Crippen LogP contribution in [0.3, 0.4) is 0 Å². The largest absolute Gasteiger partial charge is 0.394 e. The normalized spacial score (nSPS) is 13.3. The van der Waals surface area contributed by atoms with Crippen LogP contribution in [-0.2, 0) is 14.8 Å². The van der Waals surface area contributed by atoms with E-state index in [1.165, 1.54) is 19.2 Å². The Hall–Kier alpha value is -1.44. The number of aliphatic hydroxyl groups is 1. The molecule has 1 aromatic carbocycles. The summed E-state index contributed by atoms with van der Waals surface area (Å²) in [7, 11) is -2.33. The molecule has 1 amide bonds. The second-order valence-corrected chi connectivity index (χ2v) is 6.27. The fourth-order valence-electron chi connectivity index (χ4n) is 1.43. The van der Waals surface area contributed by atoms with Gasteiger partial charge in [0.1, 0.15) is 0 Å². The van der Waals surface area contributed by atoms with E-state index in [-0.39, 0.29) is 18.0 Å². The summed E-state index contributed by atoms with van der Waals surface area (Å²) < 4.78 is 25.2. The predicted octanol–water partition coefficient (Wildman–Crippen LogP) is -0.196. The van der Waals surface area contributed by atoms with Gasteiger partial charge in [-0.3, -0.25) is 4.79 Å². The van der Waals surface area contributed by atoms with E-state index in [1.54, 1.807) is 25.1 Å². The first kappa shape index (κ1) is 15.6. The lowest BCUT2D eigenvalue weighted by Crippen LogP contribution is -2.42. The molecule has 1 atom stereocenters. The van der Waals surface area contributed by atoms with Crippen molar-refractivity contribution in [1.82, 2.24) is 9.62 Å². The van der Waals surface area contributed by atoms with Crippen molar-refractivity contribution in [1.29, 1.82) is 0 Å². The van der Waals surface area contributed by atoms with Gasteiger partial charge >= 0.3 is 0 Å². The first-order valence-corrected chi connectivity index (χ1v) is 7.23. The van der Waals surface area contributed by atoms with Crippen molar-refractivity contribution >= 4 is 15.9 Å². The third-order valence-corrected chi connectivity index (χ3v) is 4.32. The molecule has 0 spiro atoms. The van der Waals surface area contributed by atoms with Crippen LogP contribution in [0, 0.1) is 0 Å². The molecule has 0 radical (unpaired) electrons. The average molecular weight is 286 g/mol. The first-order valence-electron chi connectivity index (χ1n) is 5.79. The zero-order valence-corrected chi connectivity index (χ0v) is 11.7. The summed E-state index contributed by atoms with van der Waals surface area (Å²) in [4.78, 5) is 11.7. The Kier molecular flexibility index (Phi) is 5.46. The number of carbonyl (C=O) groups is 1. The molecule has 0 bridgehead atoms. The highest BCUT2D eigenvalue weighted by Gasteiger charge is 2.22. The summed E-state index contributed by atoms with van der Waals surface area (Å²) >= 11 is 0.